The summed E-state index contributed by atoms with van der Waals surface area (Å²) in [7, 11) is 0. The number of rotatable bonds is 1. The van der Waals surface area contributed by atoms with Crippen molar-refractivity contribution < 1.29 is 17.6 Å². The lowest BCUT2D eigenvalue weighted by Crippen LogP contribution is -2.56. The third-order valence-electron chi connectivity index (χ3n) is 4.36. The normalized spacial score (nSPS) is 29.6. The molecule has 3 rings (SSSR count). The molecule has 20 heavy (non-hydrogen) atoms. The maximum absolute atomic E-state index is 14.0. The van der Waals surface area contributed by atoms with Gasteiger partial charge in [-0.1, -0.05) is 0 Å². The highest BCUT2D eigenvalue weighted by atomic mass is 19.2. The van der Waals surface area contributed by atoms with Gasteiger partial charge < -0.3 is 10.6 Å². The second-order valence-corrected chi connectivity index (χ2v) is 5.69. The van der Waals surface area contributed by atoms with E-state index >= 15 is 0 Å². The van der Waals surface area contributed by atoms with E-state index in [1.807, 2.05) is 0 Å². The topological polar surface area (TPSA) is 29.3 Å². The lowest BCUT2D eigenvalue weighted by atomic mass is 9.81. The van der Waals surface area contributed by atoms with Crippen molar-refractivity contribution in [3.8, 4) is 0 Å². The number of halogens is 4. The van der Waals surface area contributed by atoms with Gasteiger partial charge in [0.15, 0.2) is 23.3 Å². The average molecular weight is 288 g/mol. The van der Waals surface area contributed by atoms with E-state index in [9.17, 15) is 17.6 Å². The first-order valence-corrected chi connectivity index (χ1v) is 6.86. The number of fused-ring (bicyclic) bond motifs is 2. The summed E-state index contributed by atoms with van der Waals surface area (Å²) in [5.41, 5.74) is 5.37. The lowest BCUT2D eigenvalue weighted by molar-refractivity contribution is 0.264. The van der Waals surface area contributed by atoms with Crippen LogP contribution in [0.2, 0.25) is 0 Å². The molecule has 110 valence electrons. The summed E-state index contributed by atoms with van der Waals surface area (Å²) in [5, 5.41) is 0. The first-order valence-electron chi connectivity index (χ1n) is 6.86. The molecule has 2 N–H and O–H groups in total. The molecule has 2 atom stereocenters. The number of hydrogen-bond donors (Lipinski definition) is 1. The van der Waals surface area contributed by atoms with Crippen molar-refractivity contribution in [2.75, 3.05) is 4.90 Å². The number of nitrogens with two attached hydrogens (primary N) is 1. The summed E-state index contributed by atoms with van der Waals surface area (Å²) in [6.07, 6.45) is 3.60. The Morgan fingerprint density at radius 1 is 0.950 bits per heavy atom. The van der Waals surface area contributed by atoms with Crippen LogP contribution in [0.15, 0.2) is 6.07 Å². The van der Waals surface area contributed by atoms with Crippen LogP contribution in [0.3, 0.4) is 0 Å². The molecule has 2 heterocycles. The molecule has 0 spiro atoms. The second kappa shape index (κ2) is 4.91. The van der Waals surface area contributed by atoms with Gasteiger partial charge in [0.25, 0.3) is 0 Å². The summed E-state index contributed by atoms with van der Waals surface area (Å²) in [6, 6.07) is -0.0731. The Labute approximate surface area is 114 Å². The summed E-state index contributed by atoms with van der Waals surface area (Å²) < 4.78 is 54.7. The summed E-state index contributed by atoms with van der Waals surface area (Å²) in [6.45, 7) is 0. The predicted molar refractivity (Wildman–Crippen MR) is 67.4 cm³/mol. The Kier molecular flexibility index (Phi) is 3.36. The van der Waals surface area contributed by atoms with Gasteiger partial charge in [-0.3, -0.25) is 0 Å². The third kappa shape index (κ3) is 2.06. The van der Waals surface area contributed by atoms with Gasteiger partial charge in [-0.15, -0.1) is 0 Å². The maximum Gasteiger partial charge on any atom is 0.185 e. The molecule has 1 aromatic rings. The minimum absolute atomic E-state index is 0.0221. The molecule has 1 aromatic carbocycles. The summed E-state index contributed by atoms with van der Waals surface area (Å²) in [4.78, 5) is 1.52. The summed E-state index contributed by atoms with van der Waals surface area (Å²) in [5.74, 6) is -5.33. The molecule has 0 amide bonds. The Bertz CT molecular complexity index is 494. The molecular formula is C14H16F4N2. The van der Waals surface area contributed by atoms with Crippen molar-refractivity contribution in [3.63, 3.8) is 0 Å². The van der Waals surface area contributed by atoms with Crippen molar-refractivity contribution in [1.29, 1.82) is 0 Å². The number of benzene rings is 1. The molecule has 2 bridgehead atoms. The monoisotopic (exact) mass is 288 g/mol. The zero-order valence-electron chi connectivity index (χ0n) is 10.9. The van der Waals surface area contributed by atoms with Crippen LogP contribution < -0.4 is 10.6 Å². The molecule has 0 radical (unpaired) electrons. The number of nitrogens with zero attached hydrogens (tertiary/aromatic N) is 1. The Balaban J connectivity index is 2.09. The van der Waals surface area contributed by atoms with Gasteiger partial charge >= 0.3 is 0 Å². The van der Waals surface area contributed by atoms with E-state index in [2.05, 4.69) is 0 Å². The molecule has 0 saturated carbocycles. The fraction of sp³-hybridized carbons (Fsp3) is 0.571. The van der Waals surface area contributed by atoms with Gasteiger partial charge in [0.05, 0.1) is 0 Å². The minimum atomic E-state index is -1.35. The lowest BCUT2D eigenvalue weighted by Gasteiger charge is -2.49. The van der Waals surface area contributed by atoms with Crippen LogP contribution in [-0.2, 0) is 0 Å². The van der Waals surface area contributed by atoms with Crippen LogP contribution >= 0.6 is 0 Å². The van der Waals surface area contributed by atoms with Gasteiger partial charge in [0, 0.05) is 24.2 Å². The molecule has 2 nitrogen and oxygen atoms in total. The molecule has 0 aromatic heterocycles. The van der Waals surface area contributed by atoms with E-state index in [-0.39, 0.29) is 24.2 Å². The van der Waals surface area contributed by atoms with Gasteiger partial charge in [-0.2, -0.15) is 0 Å². The van der Waals surface area contributed by atoms with Crippen LogP contribution in [-0.4, -0.2) is 18.1 Å². The van der Waals surface area contributed by atoms with Crippen LogP contribution in [0.4, 0.5) is 23.2 Å². The van der Waals surface area contributed by atoms with Crippen molar-refractivity contribution in [2.45, 2.75) is 50.2 Å². The molecule has 2 aliphatic rings. The van der Waals surface area contributed by atoms with E-state index in [0.29, 0.717) is 12.8 Å². The molecule has 2 fully saturated rings. The zero-order chi connectivity index (χ0) is 14.4. The Morgan fingerprint density at radius 2 is 1.45 bits per heavy atom. The van der Waals surface area contributed by atoms with Crippen LogP contribution in [0, 0.1) is 23.3 Å². The third-order valence-corrected chi connectivity index (χ3v) is 4.36. The van der Waals surface area contributed by atoms with E-state index in [1.54, 1.807) is 0 Å². The molecule has 0 aliphatic carbocycles. The maximum atomic E-state index is 14.0. The largest absolute Gasteiger partial charge is 0.361 e. The van der Waals surface area contributed by atoms with Crippen molar-refractivity contribution >= 4 is 5.69 Å². The quantitative estimate of drug-likeness (QED) is 0.635. The van der Waals surface area contributed by atoms with Gasteiger partial charge in [-0.05, 0) is 32.1 Å². The Hall–Kier alpha value is -1.30. The summed E-state index contributed by atoms with van der Waals surface area (Å²) >= 11 is 0. The molecular weight excluding hydrogens is 272 g/mol. The fourth-order valence-corrected chi connectivity index (χ4v) is 3.58. The minimum Gasteiger partial charge on any atom is -0.361 e. The SMILES string of the molecule is NC1CC2CCCC(C1)N2c1c(F)c(F)cc(F)c1F. The fourth-order valence-electron chi connectivity index (χ4n) is 3.58. The zero-order valence-corrected chi connectivity index (χ0v) is 10.9. The van der Waals surface area contributed by atoms with Crippen LogP contribution in [0.25, 0.3) is 0 Å². The van der Waals surface area contributed by atoms with E-state index < -0.39 is 29.0 Å². The smallest absolute Gasteiger partial charge is 0.185 e. The number of piperidine rings is 2. The highest BCUT2D eigenvalue weighted by Gasteiger charge is 2.40. The van der Waals surface area contributed by atoms with Crippen molar-refractivity contribution in [2.24, 2.45) is 5.73 Å². The highest BCUT2D eigenvalue weighted by Crippen LogP contribution is 2.40. The first kappa shape index (κ1) is 13.7. The molecule has 2 aliphatic heterocycles. The number of hydrogen-bond acceptors (Lipinski definition) is 2. The second-order valence-electron chi connectivity index (χ2n) is 5.69. The standard InChI is InChI=1S/C14H16F4N2/c15-10-6-11(16)13(18)14(12(10)17)20-8-2-1-3-9(20)5-7(19)4-8/h6-9H,1-5,19H2. The predicted octanol–water partition coefficient (Wildman–Crippen LogP) is 3.09. The molecule has 2 saturated heterocycles. The number of anilines is 1. The van der Waals surface area contributed by atoms with Gasteiger partial charge in [0.2, 0.25) is 0 Å². The van der Waals surface area contributed by atoms with E-state index in [4.69, 9.17) is 5.73 Å². The van der Waals surface area contributed by atoms with Crippen LogP contribution in [0.5, 0.6) is 0 Å². The highest BCUT2D eigenvalue weighted by molar-refractivity contribution is 5.53. The molecule has 6 heteroatoms. The average Bonchev–Trinajstić information content (AvgIpc) is 2.37. The van der Waals surface area contributed by atoms with Crippen molar-refractivity contribution in [1.82, 2.24) is 0 Å². The van der Waals surface area contributed by atoms with Crippen molar-refractivity contribution in [3.05, 3.63) is 29.3 Å². The molecule has 2 unspecified atom stereocenters. The van der Waals surface area contributed by atoms with Crippen LogP contribution in [0.1, 0.15) is 32.1 Å². The first-order chi connectivity index (χ1) is 9.49. The Morgan fingerprint density at radius 3 is 1.95 bits per heavy atom. The van der Waals surface area contributed by atoms with E-state index in [0.717, 1.165) is 19.3 Å². The van der Waals surface area contributed by atoms with Gasteiger partial charge in [-0.25, -0.2) is 17.6 Å². The van der Waals surface area contributed by atoms with Gasteiger partial charge in [0.1, 0.15) is 5.69 Å². The van der Waals surface area contributed by atoms with E-state index in [1.165, 1.54) is 4.90 Å².